The maximum absolute atomic E-state index is 11.7. The second-order valence-corrected chi connectivity index (χ2v) is 4.95. The summed E-state index contributed by atoms with van der Waals surface area (Å²) in [5, 5.41) is 8.84. The van der Waals surface area contributed by atoms with Gasteiger partial charge in [0.1, 0.15) is 11.6 Å². The lowest BCUT2D eigenvalue weighted by molar-refractivity contribution is 0.240. The fraction of sp³-hybridized carbons (Fsp3) is 0.294. The van der Waals surface area contributed by atoms with Crippen LogP contribution in [0.2, 0.25) is 0 Å². The molecular formula is C17H22N4O2. The molecule has 0 saturated heterocycles. The zero-order valence-corrected chi connectivity index (χ0v) is 13.2. The number of benzene rings is 1. The van der Waals surface area contributed by atoms with E-state index in [9.17, 15) is 4.79 Å². The third kappa shape index (κ3) is 6.25. The lowest BCUT2D eigenvalue weighted by atomic mass is 10.2. The Bertz CT molecular complexity index is 587. The number of carbonyl (C=O) groups is 1. The Morgan fingerprint density at radius 1 is 1.09 bits per heavy atom. The highest BCUT2D eigenvalue weighted by molar-refractivity contribution is 5.73. The predicted molar refractivity (Wildman–Crippen MR) is 90.6 cm³/mol. The van der Waals surface area contributed by atoms with Gasteiger partial charge in [-0.1, -0.05) is 18.2 Å². The fourth-order valence-corrected chi connectivity index (χ4v) is 1.96. The first-order chi connectivity index (χ1) is 11.3. The van der Waals surface area contributed by atoms with E-state index in [1.807, 2.05) is 42.5 Å². The van der Waals surface area contributed by atoms with Crippen LogP contribution in [0.1, 0.15) is 12.0 Å². The average Bonchev–Trinajstić information content (AvgIpc) is 2.61. The van der Waals surface area contributed by atoms with Crippen LogP contribution >= 0.6 is 0 Å². The predicted octanol–water partition coefficient (Wildman–Crippen LogP) is 2.39. The Balaban J connectivity index is 1.56. The number of hydrogen-bond acceptors (Lipinski definition) is 4. The van der Waals surface area contributed by atoms with E-state index in [0.717, 1.165) is 30.1 Å². The highest BCUT2D eigenvalue weighted by atomic mass is 16.5. The zero-order valence-electron chi connectivity index (χ0n) is 13.2. The van der Waals surface area contributed by atoms with Crippen LogP contribution in [0, 0.1) is 0 Å². The van der Waals surface area contributed by atoms with Gasteiger partial charge in [0.25, 0.3) is 0 Å². The van der Waals surface area contributed by atoms with Gasteiger partial charge in [0.2, 0.25) is 0 Å². The molecule has 6 heteroatoms. The summed E-state index contributed by atoms with van der Waals surface area (Å²) in [6.45, 7) is 1.85. The van der Waals surface area contributed by atoms with E-state index in [-0.39, 0.29) is 6.03 Å². The fourth-order valence-electron chi connectivity index (χ4n) is 1.96. The maximum atomic E-state index is 11.7. The van der Waals surface area contributed by atoms with Crippen LogP contribution in [0.4, 0.5) is 10.6 Å². The van der Waals surface area contributed by atoms with Gasteiger partial charge >= 0.3 is 6.03 Å². The summed E-state index contributed by atoms with van der Waals surface area (Å²) in [6, 6.07) is 13.1. The highest BCUT2D eigenvalue weighted by Gasteiger charge is 2.00. The second kappa shape index (κ2) is 9.30. The average molecular weight is 314 g/mol. The number of urea groups is 1. The van der Waals surface area contributed by atoms with Crippen molar-refractivity contribution in [2.24, 2.45) is 0 Å². The number of rotatable bonds is 8. The van der Waals surface area contributed by atoms with Crippen molar-refractivity contribution in [2.75, 3.05) is 25.5 Å². The van der Waals surface area contributed by atoms with Gasteiger partial charge < -0.3 is 20.7 Å². The Morgan fingerprint density at radius 2 is 1.91 bits per heavy atom. The molecule has 2 aromatic rings. The number of carbonyl (C=O) groups excluding carboxylic acids is 1. The standard InChI is InChI=1S/C17H22N4O2/c1-23-15-8-6-14(7-9-15)13-21-17(22)20-12-4-11-19-16-5-2-3-10-18-16/h2-3,5-10H,4,11-13H2,1H3,(H,18,19)(H2,20,21,22). The van der Waals surface area contributed by atoms with E-state index in [1.165, 1.54) is 0 Å². The molecule has 0 aliphatic rings. The van der Waals surface area contributed by atoms with Crippen LogP contribution < -0.4 is 20.7 Å². The lowest BCUT2D eigenvalue weighted by Crippen LogP contribution is -2.36. The van der Waals surface area contributed by atoms with Crippen LogP contribution in [0.15, 0.2) is 48.7 Å². The van der Waals surface area contributed by atoms with E-state index in [2.05, 4.69) is 20.9 Å². The maximum Gasteiger partial charge on any atom is 0.315 e. The molecule has 0 spiro atoms. The van der Waals surface area contributed by atoms with Crippen LogP contribution in [0.5, 0.6) is 5.75 Å². The summed E-state index contributed by atoms with van der Waals surface area (Å²) in [5.41, 5.74) is 1.03. The van der Waals surface area contributed by atoms with Gasteiger partial charge in [-0.2, -0.15) is 0 Å². The number of amides is 2. The van der Waals surface area contributed by atoms with Crippen molar-refractivity contribution >= 4 is 11.8 Å². The van der Waals surface area contributed by atoms with Crippen LogP contribution in [-0.2, 0) is 6.54 Å². The first-order valence-corrected chi connectivity index (χ1v) is 7.57. The first-order valence-electron chi connectivity index (χ1n) is 7.57. The number of nitrogens with one attached hydrogen (secondary N) is 3. The van der Waals surface area contributed by atoms with E-state index in [0.29, 0.717) is 13.1 Å². The molecule has 0 saturated carbocycles. The molecule has 0 aliphatic heterocycles. The van der Waals surface area contributed by atoms with Gasteiger partial charge in [0, 0.05) is 25.8 Å². The summed E-state index contributed by atoms with van der Waals surface area (Å²) in [5.74, 6) is 1.65. The lowest BCUT2D eigenvalue weighted by Gasteiger charge is -2.09. The van der Waals surface area contributed by atoms with Crippen molar-refractivity contribution in [3.63, 3.8) is 0 Å². The third-order valence-corrected chi connectivity index (χ3v) is 3.22. The summed E-state index contributed by atoms with van der Waals surface area (Å²) in [4.78, 5) is 15.9. The molecule has 0 aliphatic carbocycles. The molecule has 2 rings (SSSR count). The van der Waals surface area contributed by atoms with Gasteiger partial charge in [-0.25, -0.2) is 9.78 Å². The van der Waals surface area contributed by atoms with Crippen LogP contribution in [0.3, 0.4) is 0 Å². The topological polar surface area (TPSA) is 75.3 Å². The quantitative estimate of drug-likeness (QED) is 0.654. The van der Waals surface area contributed by atoms with Crippen molar-refractivity contribution in [3.8, 4) is 5.75 Å². The van der Waals surface area contributed by atoms with E-state index in [4.69, 9.17) is 4.74 Å². The van der Waals surface area contributed by atoms with Crippen molar-refractivity contribution < 1.29 is 9.53 Å². The molecule has 0 fully saturated rings. The molecule has 1 heterocycles. The van der Waals surface area contributed by atoms with Gasteiger partial charge in [-0.3, -0.25) is 0 Å². The Hall–Kier alpha value is -2.76. The molecule has 6 nitrogen and oxygen atoms in total. The number of methoxy groups -OCH3 is 1. The zero-order chi connectivity index (χ0) is 16.3. The highest BCUT2D eigenvalue weighted by Crippen LogP contribution is 2.10. The monoisotopic (exact) mass is 314 g/mol. The largest absolute Gasteiger partial charge is 0.497 e. The van der Waals surface area contributed by atoms with Crippen molar-refractivity contribution in [1.82, 2.24) is 15.6 Å². The molecule has 0 unspecified atom stereocenters. The molecule has 1 aromatic heterocycles. The molecule has 23 heavy (non-hydrogen) atoms. The molecule has 0 radical (unpaired) electrons. The van der Waals surface area contributed by atoms with Crippen molar-refractivity contribution in [3.05, 3.63) is 54.2 Å². The minimum Gasteiger partial charge on any atom is -0.497 e. The molecular weight excluding hydrogens is 292 g/mol. The van der Waals surface area contributed by atoms with Gasteiger partial charge in [-0.05, 0) is 36.2 Å². The van der Waals surface area contributed by atoms with Gasteiger partial charge in [0.05, 0.1) is 7.11 Å². The van der Waals surface area contributed by atoms with E-state index in [1.54, 1.807) is 13.3 Å². The van der Waals surface area contributed by atoms with E-state index >= 15 is 0 Å². The number of anilines is 1. The van der Waals surface area contributed by atoms with Crippen LogP contribution in [-0.4, -0.2) is 31.2 Å². The summed E-state index contributed by atoms with van der Waals surface area (Å²) in [7, 11) is 1.63. The van der Waals surface area contributed by atoms with Gasteiger partial charge in [0.15, 0.2) is 0 Å². The third-order valence-electron chi connectivity index (χ3n) is 3.22. The molecule has 0 bridgehead atoms. The molecule has 1 aromatic carbocycles. The number of aromatic nitrogens is 1. The van der Waals surface area contributed by atoms with E-state index < -0.39 is 0 Å². The normalized spacial score (nSPS) is 9.96. The summed E-state index contributed by atoms with van der Waals surface area (Å²) in [6.07, 6.45) is 2.57. The Morgan fingerprint density at radius 3 is 2.61 bits per heavy atom. The first kappa shape index (κ1) is 16.6. The second-order valence-electron chi connectivity index (χ2n) is 4.95. The SMILES string of the molecule is COc1ccc(CNC(=O)NCCCNc2ccccn2)cc1. The number of pyridine rings is 1. The Kier molecular flexibility index (Phi) is 6.71. The molecule has 0 atom stereocenters. The molecule has 122 valence electrons. The number of nitrogens with zero attached hydrogens (tertiary/aromatic N) is 1. The smallest absolute Gasteiger partial charge is 0.315 e. The molecule has 2 amide bonds. The Labute approximate surface area is 136 Å². The summed E-state index contributed by atoms with van der Waals surface area (Å²) < 4.78 is 5.09. The number of ether oxygens (including phenoxy) is 1. The van der Waals surface area contributed by atoms with Crippen molar-refractivity contribution in [1.29, 1.82) is 0 Å². The van der Waals surface area contributed by atoms with Crippen LogP contribution in [0.25, 0.3) is 0 Å². The van der Waals surface area contributed by atoms with Gasteiger partial charge in [-0.15, -0.1) is 0 Å². The molecule has 3 N–H and O–H groups in total. The minimum absolute atomic E-state index is 0.168. The number of hydrogen-bond donors (Lipinski definition) is 3. The van der Waals surface area contributed by atoms with Crippen molar-refractivity contribution in [2.45, 2.75) is 13.0 Å². The summed E-state index contributed by atoms with van der Waals surface area (Å²) >= 11 is 0. The minimum atomic E-state index is -0.168.